The largest absolute Gasteiger partial charge is 0.271 e. The van der Waals surface area contributed by atoms with E-state index >= 15 is 0 Å². The third-order valence-electron chi connectivity index (χ3n) is 1.45. The minimum Gasteiger partial charge on any atom is -0.271 e. The number of nitrogens with two attached hydrogens (primary N) is 1. The molecule has 0 saturated heterocycles. The molecule has 1 unspecified atom stereocenters. The van der Waals surface area contributed by atoms with Gasteiger partial charge in [0, 0.05) is 21.2 Å². The van der Waals surface area contributed by atoms with Gasteiger partial charge in [-0.05, 0) is 22.0 Å². The van der Waals surface area contributed by atoms with Gasteiger partial charge < -0.3 is 0 Å². The van der Waals surface area contributed by atoms with Crippen LogP contribution in [0.15, 0.2) is 15.9 Å². The molecular weight excluding hydrogens is 236 g/mol. The lowest BCUT2D eigenvalue weighted by Crippen LogP contribution is -2.26. The predicted octanol–water partition coefficient (Wildman–Crippen LogP) is 2.04. The van der Waals surface area contributed by atoms with Crippen molar-refractivity contribution in [1.29, 1.82) is 0 Å². The van der Waals surface area contributed by atoms with Gasteiger partial charge in [-0.15, -0.1) is 23.7 Å². The lowest BCUT2D eigenvalue weighted by atomic mass is 10.2. The van der Waals surface area contributed by atoms with Crippen molar-refractivity contribution < 1.29 is 0 Å². The molecule has 0 radical (unpaired) electrons. The summed E-state index contributed by atoms with van der Waals surface area (Å²) < 4.78 is 1.07. The molecule has 64 valence electrons. The van der Waals surface area contributed by atoms with Crippen LogP contribution in [0, 0.1) is 12.3 Å². The molecule has 0 spiro atoms. The summed E-state index contributed by atoms with van der Waals surface area (Å²) in [5.41, 5.74) is 2.68. The molecule has 0 bridgehead atoms. The maximum absolute atomic E-state index is 5.35. The van der Waals surface area contributed by atoms with Gasteiger partial charge >= 0.3 is 0 Å². The summed E-state index contributed by atoms with van der Waals surface area (Å²) in [5.74, 6) is 7.92. The van der Waals surface area contributed by atoms with Gasteiger partial charge in [0.2, 0.25) is 0 Å². The first-order chi connectivity index (χ1) is 5.77. The van der Waals surface area contributed by atoms with Crippen molar-refractivity contribution in [3.8, 4) is 12.3 Å². The van der Waals surface area contributed by atoms with E-state index < -0.39 is 0 Å². The van der Waals surface area contributed by atoms with Gasteiger partial charge in [-0.1, -0.05) is 0 Å². The van der Waals surface area contributed by atoms with Crippen molar-refractivity contribution in [3.05, 3.63) is 20.8 Å². The molecule has 0 aliphatic rings. The molecule has 0 saturated carbocycles. The normalized spacial score (nSPS) is 12.4. The number of rotatable bonds is 3. The number of hydrogen-bond donors (Lipinski definition) is 2. The SMILES string of the molecule is C#CCC(NN)c1cc(Br)cs1. The number of hydrogen-bond acceptors (Lipinski definition) is 3. The Kier molecular flexibility index (Phi) is 3.76. The Labute approximate surface area is 84.3 Å². The van der Waals surface area contributed by atoms with Gasteiger partial charge in [0.25, 0.3) is 0 Å². The molecule has 0 aliphatic carbocycles. The Morgan fingerprint density at radius 1 is 1.83 bits per heavy atom. The summed E-state index contributed by atoms with van der Waals surface area (Å²) in [6, 6.07) is 2.10. The lowest BCUT2D eigenvalue weighted by molar-refractivity contribution is 0.577. The van der Waals surface area contributed by atoms with Crippen LogP contribution < -0.4 is 11.3 Å². The fourth-order valence-corrected chi connectivity index (χ4v) is 2.38. The molecule has 4 heteroatoms. The van der Waals surface area contributed by atoms with E-state index in [1.54, 1.807) is 11.3 Å². The van der Waals surface area contributed by atoms with Gasteiger partial charge in [0.1, 0.15) is 0 Å². The molecule has 0 fully saturated rings. The highest BCUT2D eigenvalue weighted by Crippen LogP contribution is 2.26. The molecule has 12 heavy (non-hydrogen) atoms. The summed E-state index contributed by atoms with van der Waals surface area (Å²) in [4.78, 5) is 1.15. The highest BCUT2D eigenvalue weighted by molar-refractivity contribution is 9.10. The van der Waals surface area contributed by atoms with Gasteiger partial charge in [-0.25, -0.2) is 0 Å². The monoisotopic (exact) mass is 244 g/mol. The maximum Gasteiger partial charge on any atom is 0.0662 e. The van der Waals surface area contributed by atoms with Gasteiger partial charge in [-0.2, -0.15) is 0 Å². The zero-order valence-corrected chi connectivity index (χ0v) is 8.78. The Morgan fingerprint density at radius 3 is 3.00 bits per heavy atom. The van der Waals surface area contributed by atoms with E-state index in [9.17, 15) is 0 Å². The standard InChI is InChI=1S/C8H9BrN2S/c1-2-3-7(11-10)8-4-6(9)5-12-8/h1,4-5,7,11H,3,10H2. The smallest absolute Gasteiger partial charge is 0.0662 e. The minimum atomic E-state index is 0.0753. The van der Waals surface area contributed by atoms with Crippen LogP contribution in [0.5, 0.6) is 0 Å². The van der Waals surface area contributed by atoms with Gasteiger partial charge in [0.05, 0.1) is 6.04 Å². The Balaban J connectivity index is 2.74. The Hall–Kier alpha value is -0.340. The molecule has 2 nitrogen and oxygen atoms in total. The van der Waals surface area contributed by atoms with Crippen molar-refractivity contribution in [2.75, 3.05) is 0 Å². The van der Waals surface area contributed by atoms with Crippen LogP contribution in [-0.2, 0) is 0 Å². The molecule has 1 heterocycles. The molecule has 1 rings (SSSR count). The average Bonchev–Trinajstić information content (AvgIpc) is 2.47. The van der Waals surface area contributed by atoms with E-state index in [2.05, 4.69) is 27.3 Å². The zero-order chi connectivity index (χ0) is 8.97. The van der Waals surface area contributed by atoms with E-state index in [4.69, 9.17) is 12.3 Å². The second kappa shape index (κ2) is 4.63. The Bertz CT molecular complexity index is 289. The number of hydrazine groups is 1. The van der Waals surface area contributed by atoms with Crippen molar-refractivity contribution in [2.45, 2.75) is 12.5 Å². The van der Waals surface area contributed by atoms with Crippen molar-refractivity contribution >= 4 is 27.3 Å². The van der Waals surface area contributed by atoms with Gasteiger partial charge in [0.15, 0.2) is 0 Å². The summed E-state index contributed by atoms with van der Waals surface area (Å²) in [7, 11) is 0. The van der Waals surface area contributed by atoms with Crippen LogP contribution in [0.4, 0.5) is 0 Å². The summed E-state index contributed by atoms with van der Waals surface area (Å²) in [6.45, 7) is 0. The third kappa shape index (κ3) is 2.32. The van der Waals surface area contributed by atoms with Crippen LogP contribution in [0.3, 0.4) is 0 Å². The average molecular weight is 245 g/mol. The van der Waals surface area contributed by atoms with E-state index in [1.807, 2.05) is 11.4 Å². The van der Waals surface area contributed by atoms with E-state index in [0.717, 1.165) is 9.35 Å². The van der Waals surface area contributed by atoms with E-state index in [1.165, 1.54) is 0 Å². The van der Waals surface area contributed by atoms with E-state index in [0.29, 0.717) is 6.42 Å². The van der Waals surface area contributed by atoms with Crippen molar-refractivity contribution in [2.24, 2.45) is 5.84 Å². The van der Waals surface area contributed by atoms with Crippen molar-refractivity contribution in [3.63, 3.8) is 0 Å². The first-order valence-electron chi connectivity index (χ1n) is 3.41. The predicted molar refractivity (Wildman–Crippen MR) is 55.5 cm³/mol. The fraction of sp³-hybridized carbons (Fsp3) is 0.250. The molecular formula is C8H9BrN2S. The maximum atomic E-state index is 5.35. The first kappa shape index (κ1) is 9.75. The second-order valence-electron chi connectivity index (χ2n) is 2.29. The fourth-order valence-electron chi connectivity index (χ4n) is 0.871. The summed E-state index contributed by atoms with van der Waals surface area (Å²) >= 11 is 5.01. The minimum absolute atomic E-state index is 0.0753. The highest BCUT2D eigenvalue weighted by Gasteiger charge is 2.09. The Morgan fingerprint density at radius 2 is 2.58 bits per heavy atom. The van der Waals surface area contributed by atoms with Crippen LogP contribution in [0.1, 0.15) is 17.3 Å². The first-order valence-corrected chi connectivity index (χ1v) is 5.08. The van der Waals surface area contributed by atoms with Crippen LogP contribution in [-0.4, -0.2) is 0 Å². The molecule has 1 atom stereocenters. The summed E-state index contributed by atoms with van der Waals surface area (Å²) in [6.07, 6.45) is 5.81. The molecule has 0 aliphatic heterocycles. The summed E-state index contributed by atoms with van der Waals surface area (Å²) in [5, 5.41) is 2.01. The molecule has 3 N–H and O–H groups in total. The van der Waals surface area contributed by atoms with Crippen LogP contribution >= 0.6 is 27.3 Å². The molecule has 1 aromatic rings. The van der Waals surface area contributed by atoms with Gasteiger partial charge in [-0.3, -0.25) is 11.3 Å². The second-order valence-corrected chi connectivity index (χ2v) is 4.15. The number of terminal acetylenes is 1. The van der Waals surface area contributed by atoms with Crippen LogP contribution in [0.2, 0.25) is 0 Å². The third-order valence-corrected chi connectivity index (χ3v) is 3.26. The molecule has 0 amide bonds. The van der Waals surface area contributed by atoms with Crippen molar-refractivity contribution in [1.82, 2.24) is 5.43 Å². The topological polar surface area (TPSA) is 38.0 Å². The number of thiophene rings is 1. The van der Waals surface area contributed by atoms with E-state index in [-0.39, 0.29) is 6.04 Å². The lowest BCUT2D eigenvalue weighted by Gasteiger charge is -2.09. The van der Waals surface area contributed by atoms with Crippen LogP contribution in [0.25, 0.3) is 0 Å². The number of halogens is 1. The quantitative estimate of drug-likeness (QED) is 0.486. The highest BCUT2D eigenvalue weighted by atomic mass is 79.9. The molecule has 1 aromatic heterocycles. The zero-order valence-electron chi connectivity index (χ0n) is 6.38. The number of nitrogens with one attached hydrogen (secondary N) is 1. The molecule has 0 aromatic carbocycles.